The molecule has 13 heavy (non-hydrogen) atoms. The van der Waals surface area contributed by atoms with E-state index in [4.69, 9.17) is 9.15 Å². The van der Waals surface area contributed by atoms with Gasteiger partial charge in [0.05, 0.1) is 12.9 Å². The normalized spacial score (nSPS) is 11.3. The summed E-state index contributed by atoms with van der Waals surface area (Å²) in [6, 6.07) is 3.25. The van der Waals surface area contributed by atoms with Crippen molar-refractivity contribution in [1.29, 1.82) is 0 Å². The van der Waals surface area contributed by atoms with E-state index in [1.54, 1.807) is 12.1 Å². The fraction of sp³-hybridized carbons (Fsp3) is 0.500. The molecule has 1 aromatic rings. The summed E-state index contributed by atoms with van der Waals surface area (Å²) in [5.41, 5.74) is -0.0117. The van der Waals surface area contributed by atoms with E-state index in [9.17, 15) is 4.79 Å². The van der Waals surface area contributed by atoms with Crippen molar-refractivity contribution in [3.63, 3.8) is 0 Å². The molecule has 0 saturated heterocycles. The topological polar surface area (TPSA) is 39.4 Å². The highest BCUT2D eigenvalue weighted by atomic mass is 16.5. The molecule has 3 heteroatoms. The summed E-state index contributed by atoms with van der Waals surface area (Å²) < 4.78 is 9.90. The zero-order chi connectivity index (χ0) is 9.90. The number of carbonyl (C=O) groups is 1. The van der Waals surface area contributed by atoms with Gasteiger partial charge in [0.2, 0.25) is 5.76 Å². The largest absolute Gasteiger partial charge is 0.459 e. The van der Waals surface area contributed by atoms with Crippen LogP contribution < -0.4 is 0 Å². The summed E-state index contributed by atoms with van der Waals surface area (Å²) in [5.74, 6) is -0.149. The number of esters is 1. The van der Waals surface area contributed by atoms with E-state index >= 15 is 0 Å². The number of hydrogen-bond donors (Lipinski definition) is 0. The Morgan fingerprint density at radius 3 is 2.69 bits per heavy atom. The van der Waals surface area contributed by atoms with Crippen LogP contribution in [0.1, 0.15) is 31.3 Å². The van der Waals surface area contributed by atoms with E-state index in [1.807, 2.05) is 20.8 Å². The minimum absolute atomic E-state index is 0.0117. The van der Waals surface area contributed by atoms with Gasteiger partial charge in [-0.15, -0.1) is 0 Å². The van der Waals surface area contributed by atoms with Crippen LogP contribution >= 0.6 is 0 Å². The lowest BCUT2D eigenvalue weighted by Gasteiger charge is -2.16. The highest BCUT2D eigenvalue weighted by molar-refractivity contribution is 5.86. The summed E-state index contributed by atoms with van der Waals surface area (Å²) in [7, 11) is 0. The third-order valence-electron chi connectivity index (χ3n) is 1.36. The Morgan fingerprint density at radius 2 is 2.23 bits per heavy atom. The summed E-state index contributed by atoms with van der Waals surface area (Å²) in [6.07, 6.45) is 1.45. The van der Waals surface area contributed by atoms with Crippen LogP contribution in [-0.2, 0) is 4.74 Å². The molecule has 0 aliphatic heterocycles. The lowest BCUT2D eigenvalue weighted by molar-refractivity contribution is 0.0332. The lowest BCUT2D eigenvalue weighted by atomic mass is 9.99. The van der Waals surface area contributed by atoms with Crippen molar-refractivity contribution in [3.05, 3.63) is 24.2 Å². The Labute approximate surface area is 77.7 Å². The molecule has 0 fully saturated rings. The van der Waals surface area contributed by atoms with E-state index in [-0.39, 0.29) is 11.2 Å². The Morgan fingerprint density at radius 1 is 1.54 bits per heavy atom. The van der Waals surface area contributed by atoms with Gasteiger partial charge < -0.3 is 9.15 Å². The molecule has 0 aromatic carbocycles. The quantitative estimate of drug-likeness (QED) is 0.659. The van der Waals surface area contributed by atoms with Crippen LogP contribution in [0.4, 0.5) is 0 Å². The molecule has 0 spiro atoms. The van der Waals surface area contributed by atoms with Gasteiger partial charge in [-0.3, -0.25) is 0 Å². The molecule has 0 aliphatic rings. The third-order valence-corrected chi connectivity index (χ3v) is 1.36. The molecule has 0 radical (unpaired) electrons. The Balaban J connectivity index is 2.44. The minimum atomic E-state index is -0.403. The van der Waals surface area contributed by atoms with Crippen LogP contribution in [0.25, 0.3) is 0 Å². The van der Waals surface area contributed by atoms with Crippen LogP contribution in [0.3, 0.4) is 0 Å². The van der Waals surface area contributed by atoms with Crippen LogP contribution in [-0.4, -0.2) is 12.6 Å². The van der Waals surface area contributed by atoms with Gasteiger partial charge in [-0.2, -0.15) is 0 Å². The molecule has 0 bridgehead atoms. The maximum absolute atomic E-state index is 11.2. The average Bonchev–Trinajstić information content (AvgIpc) is 2.50. The van der Waals surface area contributed by atoms with Crippen molar-refractivity contribution < 1.29 is 13.9 Å². The molecule has 0 unspecified atom stereocenters. The van der Waals surface area contributed by atoms with Gasteiger partial charge in [0.1, 0.15) is 0 Å². The molecule has 1 rings (SSSR count). The zero-order valence-electron chi connectivity index (χ0n) is 8.16. The molecule has 1 heterocycles. The average molecular weight is 182 g/mol. The standard InChI is InChI=1S/C10H14O3/c1-10(2,3)7-13-9(11)8-5-4-6-12-8/h4-6H,7H2,1-3H3. The highest BCUT2D eigenvalue weighted by Gasteiger charge is 2.16. The second kappa shape index (κ2) is 3.64. The summed E-state index contributed by atoms with van der Waals surface area (Å²) >= 11 is 0. The summed E-state index contributed by atoms with van der Waals surface area (Å²) in [5, 5.41) is 0. The Bertz CT molecular complexity index is 267. The van der Waals surface area contributed by atoms with Crippen LogP contribution in [0.15, 0.2) is 22.8 Å². The third kappa shape index (κ3) is 3.32. The zero-order valence-corrected chi connectivity index (χ0v) is 8.16. The molecule has 0 N–H and O–H groups in total. The van der Waals surface area contributed by atoms with Crippen LogP contribution in [0.5, 0.6) is 0 Å². The van der Waals surface area contributed by atoms with Crippen LogP contribution in [0.2, 0.25) is 0 Å². The highest BCUT2D eigenvalue weighted by Crippen LogP contribution is 2.14. The van der Waals surface area contributed by atoms with Gasteiger partial charge in [-0.25, -0.2) is 4.79 Å². The van der Waals surface area contributed by atoms with Gasteiger partial charge in [0.15, 0.2) is 0 Å². The SMILES string of the molecule is CC(C)(C)COC(=O)c1ccco1. The Hall–Kier alpha value is -1.25. The molecule has 0 saturated carbocycles. The second-order valence-electron chi connectivity index (χ2n) is 4.11. The fourth-order valence-electron chi connectivity index (χ4n) is 0.748. The smallest absolute Gasteiger partial charge is 0.374 e. The first kappa shape index (κ1) is 9.84. The first-order chi connectivity index (χ1) is 5.99. The minimum Gasteiger partial charge on any atom is -0.459 e. The van der Waals surface area contributed by atoms with E-state index in [2.05, 4.69) is 0 Å². The van der Waals surface area contributed by atoms with Crippen molar-refractivity contribution in [2.24, 2.45) is 5.41 Å². The van der Waals surface area contributed by atoms with Gasteiger partial charge in [-0.05, 0) is 17.5 Å². The summed E-state index contributed by atoms with van der Waals surface area (Å²) in [6.45, 7) is 6.40. The molecule has 0 aliphatic carbocycles. The maximum atomic E-state index is 11.2. The maximum Gasteiger partial charge on any atom is 0.374 e. The van der Waals surface area contributed by atoms with Gasteiger partial charge >= 0.3 is 5.97 Å². The van der Waals surface area contributed by atoms with Crippen molar-refractivity contribution in [2.45, 2.75) is 20.8 Å². The Kier molecular flexibility index (Phi) is 2.76. The lowest BCUT2D eigenvalue weighted by Crippen LogP contribution is -2.18. The number of hydrogen-bond acceptors (Lipinski definition) is 3. The van der Waals surface area contributed by atoms with E-state index in [0.717, 1.165) is 0 Å². The second-order valence-corrected chi connectivity index (χ2v) is 4.11. The van der Waals surface area contributed by atoms with Crippen molar-refractivity contribution in [3.8, 4) is 0 Å². The fourth-order valence-corrected chi connectivity index (χ4v) is 0.748. The molecular formula is C10H14O3. The number of rotatable bonds is 2. The van der Waals surface area contributed by atoms with Gasteiger partial charge in [0, 0.05) is 0 Å². The van der Waals surface area contributed by atoms with Crippen molar-refractivity contribution in [2.75, 3.05) is 6.61 Å². The van der Waals surface area contributed by atoms with E-state index in [0.29, 0.717) is 6.61 Å². The van der Waals surface area contributed by atoms with Gasteiger partial charge in [0.25, 0.3) is 0 Å². The van der Waals surface area contributed by atoms with E-state index in [1.165, 1.54) is 6.26 Å². The van der Waals surface area contributed by atoms with Crippen LogP contribution in [0, 0.1) is 5.41 Å². The number of carbonyl (C=O) groups excluding carboxylic acids is 1. The molecule has 0 amide bonds. The number of furan rings is 1. The van der Waals surface area contributed by atoms with Gasteiger partial charge in [-0.1, -0.05) is 20.8 Å². The summed E-state index contributed by atoms with van der Waals surface area (Å²) in [4.78, 5) is 11.2. The number of ether oxygens (including phenoxy) is 1. The molecular weight excluding hydrogens is 168 g/mol. The molecule has 0 atom stereocenters. The monoisotopic (exact) mass is 182 g/mol. The first-order valence-corrected chi connectivity index (χ1v) is 4.20. The molecule has 1 aromatic heterocycles. The van der Waals surface area contributed by atoms with Crippen molar-refractivity contribution >= 4 is 5.97 Å². The molecule has 3 nitrogen and oxygen atoms in total. The van der Waals surface area contributed by atoms with Crippen molar-refractivity contribution in [1.82, 2.24) is 0 Å². The molecule has 72 valence electrons. The first-order valence-electron chi connectivity index (χ1n) is 4.20. The van der Waals surface area contributed by atoms with E-state index < -0.39 is 5.97 Å². The predicted octanol–water partition coefficient (Wildman–Crippen LogP) is 2.48. The predicted molar refractivity (Wildman–Crippen MR) is 48.4 cm³/mol.